The van der Waals surface area contributed by atoms with E-state index in [0.29, 0.717) is 6.42 Å². The van der Waals surface area contributed by atoms with Crippen LogP contribution in [-0.2, 0) is 4.79 Å². The number of carbonyl (C=O) groups is 2. The van der Waals surface area contributed by atoms with Crippen molar-refractivity contribution in [2.24, 2.45) is 5.92 Å². The van der Waals surface area contributed by atoms with Gasteiger partial charge < -0.3 is 10.2 Å². The molecule has 0 bridgehead atoms. The second-order valence-electron chi connectivity index (χ2n) is 4.40. The summed E-state index contributed by atoms with van der Waals surface area (Å²) in [5.74, 6) is 0.592. The van der Waals surface area contributed by atoms with Gasteiger partial charge in [0.15, 0.2) is 0 Å². The molecular weight excluding hydrogens is 206 g/mol. The number of imide groups is 1. The molecule has 5 nitrogen and oxygen atoms in total. The largest absolute Gasteiger partial charge is 0.341 e. The number of hydrogen-bond donors (Lipinski definition) is 2. The van der Waals surface area contributed by atoms with E-state index in [0.717, 1.165) is 25.6 Å². The molecule has 1 aliphatic rings. The summed E-state index contributed by atoms with van der Waals surface area (Å²) in [6, 6.07) is -0.433. The molecule has 1 rings (SSSR count). The highest BCUT2D eigenvalue weighted by atomic mass is 16.2. The van der Waals surface area contributed by atoms with Gasteiger partial charge in [-0.3, -0.25) is 10.1 Å². The molecule has 0 saturated carbocycles. The smallest absolute Gasteiger partial charge is 0.321 e. The molecule has 5 heteroatoms. The first kappa shape index (κ1) is 13.0. The van der Waals surface area contributed by atoms with Crippen LogP contribution >= 0.6 is 0 Å². The summed E-state index contributed by atoms with van der Waals surface area (Å²) in [6.45, 7) is 5.13. The summed E-state index contributed by atoms with van der Waals surface area (Å²) in [7, 11) is 1.49. The molecular formula is C11H21N3O2. The summed E-state index contributed by atoms with van der Waals surface area (Å²) >= 11 is 0. The van der Waals surface area contributed by atoms with Gasteiger partial charge in [0.05, 0.1) is 0 Å². The average Bonchev–Trinajstić information content (AvgIpc) is 2.28. The molecule has 1 saturated heterocycles. The van der Waals surface area contributed by atoms with Crippen molar-refractivity contribution in [2.75, 3.05) is 26.7 Å². The van der Waals surface area contributed by atoms with Crippen LogP contribution in [0.2, 0.25) is 0 Å². The Hall–Kier alpha value is -1.10. The van der Waals surface area contributed by atoms with Crippen molar-refractivity contribution in [1.29, 1.82) is 0 Å². The van der Waals surface area contributed by atoms with E-state index in [1.807, 2.05) is 0 Å². The van der Waals surface area contributed by atoms with E-state index in [4.69, 9.17) is 0 Å². The number of carbonyl (C=O) groups excluding carboxylic acids is 2. The Morgan fingerprint density at radius 1 is 1.31 bits per heavy atom. The second-order valence-corrected chi connectivity index (χ2v) is 4.40. The van der Waals surface area contributed by atoms with Crippen LogP contribution in [0.15, 0.2) is 0 Å². The van der Waals surface area contributed by atoms with Crippen molar-refractivity contribution in [3.63, 3.8) is 0 Å². The van der Waals surface area contributed by atoms with Crippen LogP contribution in [0.1, 0.15) is 26.2 Å². The first-order valence-corrected chi connectivity index (χ1v) is 5.85. The van der Waals surface area contributed by atoms with Gasteiger partial charge >= 0.3 is 6.03 Å². The minimum atomic E-state index is -0.433. The van der Waals surface area contributed by atoms with Gasteiger partial charge in [0, 0.05) is 20.0 Å². The Morgan fingerprint density at radius 2 is 1.94 bits per heavy atom. The standard InChI is InChI=1S/C11H21N3O2/c1-9-3-6-14(7-4-9)8-5-10(15)13-11(16)12-2/h9H,3-8H2,1-2H3,(H2,12,13,15,16). The maximum Gasteiger partial charge on any atom is 0.321 e. The zero-order valence-electron chi connectivity index (χ0n) is 10.1. The Kier molecular flexibility index (Phi) is 5.25. The number of urea groups is 1. The third-order valence-corrected chi connectivity index (χ3v) is 3.01. The number of nitrogens with one attached hydrogen (secondary N) is 2. The Morgan fingerprint density at radius 3 is 2.50 bits per heavy atom. The normalized spacial score (nSPS) is 18.1. The monoisotopic (exact) mass is 227 g/mol. The van der Waals surface area contributed by atoms with Crippen molar-refractivity contribution in [2.45, 2.75) is 26.2 Å². The first-order chi connectivity index (χ1) is 7.61. The van der Waals surface area contributed by atoms with Crippen molar-refractivity contribution >= 4 is 11.9 Å². The maximum atomic E-state index is 11.3. The van der Waals surface area contributed by atoms with E-state index >= 15 is 0 Å². The molecule has 0 radical (unpaired) electrons. The number of hydrogen-bond acceptors (Lipinski definition) is 3. The van der Waals surface area contributed by atoms with Crippen molar-refractivity contribution in [1.82, 2.24) is 15.5 Å². The summed E-state index contributed by atoms with van der Waals surface area (Å²) < 4.78 is 0. The number of amides is 3. The number of likely N-dealkylation sites (tertiary alicyclic amines) is 1. The van der Waals surface area contributed by atoms with E-state index in [2.05, 4.69) is 22.5 Å². The Bertz CT molecular complexity index is 248. The molecule has 1 heterocycles. The van der Waals surface area contributed by atoms with Crippen LogP contribution in [0.25, 0.3) is 0 Å². The predicted molar refractivity (Wildman–Crippen MR) is 62.1 cm³/mol. The predicted octanol–water partition coefficient (Wildman–Crippen LogP) is 0.564. The fourth-order valence-electron chi connectivity index (χ4n) is 1.80. The van der Waals surface area contributed by atoms with E-state index < -0.39 is 6.03 Å². The molecule has 0 spiro atoms. The highest BCUT2D eigenvalue weighted by molar-refractivity contribution is 5.94. The molecule has 16 heavy (non-hydrogen) atoms. The van der Waals surface area contributed by atoms with Gasteiger partial charge in [-0.2, -0.15) is 0 Å². The molecule has 0 unspecified atom stereocenters. The lowest BCUT2D eigenvalue weighted by Gasteiger charge is -2.29. The fourth-order valence-corrected chi connectivity index (χ4v) is 1.80. The summed E-state index contributed by atoms with van der Waals surface area (Å²) in [5.41, 5.74) is 0. The SMILES string of the molecule is CNC(=O)NC(=O)CCN1CCC(C)CC1. The van der Waals surface area contributed by atoms with Gasteiger partial charge in [-0.15, -0.1) is 0 Å². The van der Waals surface area contributed by atoms with Crippen molar-refractivity contribution in [3.05, 3.63) is 0 Å². The molecule has 0 aromatic rings. The lowest BCUT2D eigenvalue weighted by atomic mass is 9.99. The van der Waals surface area contributed by atoms with Crippen molar-refractivity contribution < 1.29 is 9.59 Å². The van der Waals surface area contributed by atoms with Gasteiger partial charge in [-0.1, -0.05) is 6.92 Å². The van der Waals surface area contributed by atoms with Crippen molar-refractivity contribution in [3.8, 4) is 0 Å². The molecule has 0 aromatic carbocycles. The summed E-state index contributed by atoms with van der Waals surface area (Å²) in [6.07, 6.45) is 2.80. The molecule has 3 amide bonds. The van der Waals surface area contributed by atoms with E-state index in [9.17, 15) is 9.59 Å². The summed E-state index contributed by atoms with van der Waals surface area (Å²) in [4.78, 5) is 24.5. The molecule has 1 fully saturated rings. The first-order valence-electron chi connectivity index (χ1n) is 5.85. The average molecular weight is 227 g/mol. The molecule has 0 aliphatic carbocycles. The lowest BCUT2D eigenvalue weighted by molar-refractivity contribution is -0.120. The quantitative estimate of drug-likeness (QED) is 0.740. The van der Waals surface area contributed by atoms with Gasteiger partial charge in [0.25, 0.3) is 0 Å². The van der Waals surface area contributed by atoms with E-state index in [-0.39, 0.29) is 5.91 Å². The topological polar surface area (TPSA) is 61.4 Å². The van der Waals surface area contributed by atoms with Gasteiger partial charge in [-0.05, 0) is 31.8 Å². The molecule has 1 aliphatic heterocycles. The minimum Gasteiger partial charge on any atom is -0.341 e. The molecule has 92 valence electrons. The highest BCUT2D eigenvalue weighted by Crippen LogP contribution is 2.15. The molecule has 0 aromatic heterocycles. The highest BCUT2D eigenvalue weighted by Gasteiger charge is 2.16. The number of piperidine rings is 1. The molecule has 2 N–H and O–H groups in total. The van der Waals surface area contributed by atoms with Gasteiger partial charge in [0.1, 0.15) is 0 Å². The second kappa shape index (κ2) is 6.48. The minimum absolute atomic E-state index is 0.210. The van der Waals surface area contributed by atoms with Crippen LogP contribution in [0.5, 0.6) is 0 Å². The van der Waals surface area contributed by atoms with Crippen LogP contribution in [0, 0.1) is 5.92 Å². The Labute approximate surface area is 96.6 Å². The Balaban J connectivity index is 2.14. The third-order valence-electron chi connectivity index (χ3n) is 3.01. The third kappa shape index (κ3) is 4.61. The van der Waals surface area contributed by atoms with Crippen LogP contribution in [0.3, 0.4) is 0 Å². The zero-order valence-corrected chi connectivity index (χ0v) is 10.1. The van der Waals surface area contributed by atoms with Gasteiger partial charge in [-0.25, -0.2) is 4.79 Å². The van der Waals surface area contributed by atoms with E-state index in [1.165, 1.54) is 19.9 Å². The van der Waals surface area contributed by atoms with E-state index in [1.54, 1.807) is 0 Å². The van der Waals surface area contributed by atoms with Crippen LogP contribution < -0.4 is 10.6 Å². The zero-order chi connectivity index (χ0) is 12.0. The van der Waals surface area contributed by atoms with Crippen LogP contribution in [0.4, 0.5) is 4.79 Å². The molecule has 0 atom stereocenters. The summed E-state index contributed by atoms with van der Waals surface area (Å²) in [5, 5.41) is 4.62. The van der Waals surface area contributed by atoms with Gasteiger partial charge in [0.2, 0.25) is 5.91 Å². The number of nitrogens with zero attached hydrogens (tertiary/aromatic N) is 1. The maximum absolute atomic E-state index is 11.3. The fraction of sp³-hybridized carbons (Fsp3) is 0.818. The lowest BCUT2D eigenvalue weighted by Crippen LogP contribution is -2.40. The number of rotatable bonds is 3. The van der Waals surface area contributed by atoms with Crippen LogP contribution in [-0.4, -0.2) is 43.5 Å².